The van der Waals surface area contributed by atoms with Crippen molar-refractivity contribution >= 4 is 27.4 Å². The van der Waals surface area contributed by atoms with E-state index in [1.807, 2.05) is 0 Å². The number of piperidine rings is 1. The molecule has 2 aromatic rings. The van der Waals surface area contributed by atoms with E-state index < -0.39 is 15.9 Å². The van der Waals surface area contributed by atoms with E-state index in [-0.39, 0.29) is 16.4 Å². The van der Waals surface area contributed by atoms with E-state index >= 15 is 0 Å². The summed E-state index contributed by atoms with van der Waals surface area (Å²) in [5, 5.41) is 2.80. The number of carbonyl (C=O) groups excluding carboxylic acids is 2. The van der Waals surface area contributed by atoms with Crippen molar-refractivity contribution in [3.63, 3.8) is 0 Å². The van der Waals surface area contributed by atoms with E-state index in [1.54, 1.807) is 13.0 Å². The highest BCUT2D eigenvalue weighted by molar-refractivity contribution is 7.89. The molecule has 32 heavy (non-hydrogen) atoms. The molecule has 4 rings (SSSR count). The van der Waals surface area contributed by atoms with Crippen molar-refractivity contribution in [2.24, 2.45) is 0 Å². The molecule has 8 nitrogen and oxygen atoms in total. The van der Waals surface area contributed by atoms with Gasteiger partial charge in [-0.25, -0.2) is 8.42 Å². The number of H-pyrrole nitrogens is 1. The van der Waals surface area contributed by atoms with E-state index in [4.69, 9.17) is 4.74 Å². The third-order valence-corrected chi connectivity index (χ3v) is 8.14. The number of aromatic amines is 1. The molecule has 0 saturated carbocycles. The first kappa shape index (κ1) is 22.5. The molecule has 1 amide bonds. The molecule has 1 saturated heterocycles. The summed E-state index contributed by atoms with van der Waals surface area (Å²) in [5.41, 5.74) is 2.65. The van der Waals surface area contributed by atoms with Crippen LogP contribution in [0.3, 0.4) is 0 Å². The molecule has 0 radical (unpaired) electrons. The quantitative estimate of drug-likeness (QED) is 0.663. The first-order valence-electron chi connectivity index (χ1n) is 11.1. The Morgan fingerprint density at radius 1 is 1.09 bits per heavy atom. The molecule has 9 heteroatoms. The first-order valence-corrected chi connectivity index (χ1v) is 12.5. The number of hydrogen-bond donors (Lipinski definition) is 2. The number of aromatic nitrogens is 1. The average Bonchev–Trinajstić information content (AvgIpc) is 3.00. The second kappa shape index (κ2) is 9.07. The molecule has 1 aliphatic carbocycles. The number of anilines is 1. The average molecular weight is 460 g/mol. The van der Waals surface area contributed by atoms with Crippen LogP contribution in [0.5, 0.6) is 5.75 Å². The molecule has 0 atom stereocenters. The summed E-state index contributed by atoms with van der Waals surface area (Å²) in [7, 11) is -2.19. The van der Waals surface area contributed by atoms with Gasteiger partial charge in [0.2, 0.25) is 10.0 Å². The normalized spacial score (nSPS) is 17.5. The Hall–Kier alpha value is -2.65. The lowest BCUT2D eigenvalue weighted by atomic mass is 10.0. The molecule has 2 heterocycles. The van der Waals surface area contributed by atoms with Crippen molar-refractivity contribution in [1.82, 2.24) is 9.29 Å². The lowest BCUT2D eigenvalue weighted by molar-refractivity contribution is 0.0980. The first-order chi connectivity index (χ1) is 15.3. The van der Waals surface area contributed by atoms with E-state index in [0.717, 1.165) is 37.7 Å². The van der Waals surface area contributed by atoms with Gasteiger partial charge < -0.3 is 15.0 Å². The fraction of sp³-hybridized carbons (Fsp3) is 0.478. The van der Waals surface area contributed by atoms with Crippen LogP contribution in [0.15, 0.2) is 23.1 Å². The number of sulfonamides is 1. The number of rotatable bonds is 5. The molecular formula is C23H29N3O5S. The Balaban J connectivity index is 1.66. The fourth-order valence-corrected chi connectivity index (χ4v) is 6.14. The van der Waals surface area contributed by atoms with Crippen molar-refractivity contribution < 1.29 is 22.7 Å². The minimum atomic E-state index is -3.66. The van der Waals surface area contributed by atoms with Crippen molar-refractivity contribution in [1.29, 1.82) is 0 Å². The van der Waals surface area contributed by atoms with E-state index in [1.165, 1.54) is 23.5 Å². The maximum atomic E-state index is 13.2. The maximum absolute atomic E-state index is 13.2. The highest BCUT2D eigenvalue weighted by Crippen LogP contribution is 2.32. The molecule has 0 bridgehead atoms. The van der Waals surface area contributed by atoms with E-state index in [2.05, 4.69) is 10.3 Å². The highest BCUT2D eigenvalue weighted by Gasteiger charge is 2.29. The van der Waals surface area contributed by atoms with Crippen LogP contribution in [0.4, 0.5) is 5.69 Å². The van der Waals surface area contributed by atoms with Gasteiger partial charge >= 0.3 is 0 Å². The SMILES string of the molecule is COc1ccc(S(=O)(=O)N2CCCCC2)cc1NC(=O)c1[nH]c(C)c2c1CCCCC2=O. The molecule has 172 valence electrons. The third kappa shape index (κ3) is 4.19. The van der Waals surface area contributed by atoms with Gasteiger partial charge in [-0.2, -0.15) is 4.31 Å². The number of nitrogens with one attached hydrogen (secondary N) is 2. The maximum Gasteiger partial charge on any atom is 0.272 e. The molecule has 0 unspecified atom stereocenters. The summed E-state index contributed by atoms with van der Waals surface area (Å²) in [4.78, 5) is 28.8. The summed E-state index contributed by atoms with van der Waals surface area (Å²) in [6.45, 7) is 2.79. The zero-order valence-electron chi connectivity index (χ0n) is 18.5. The summed E-state index contributed by atoms with van der Waals surface area (Å²) in [6.07, 6.45) is 5.48. The zero-order valence-corrected chi connectivity index (χ0v) is 19.3. The molecule has 0 spiro atoms. The van der Waals surface area contributed by atoms with Crippen molar-refractivity contribution in [3.8, 4) is 5.75 Å². The van der Waals surface area contributed by atoms with Crippen LogP contribution in [0, 0.1) is 6.92 Å². The Morgan fingerprint density at radius 3 is 2.53 bits per heavy atom. The number of carbonyl (C=O) groups is 2. The third-order valence-electron chi connectivity index (χ3n) is 6.25. The number of hydrogen-bond acceptors (Lipinski definition) is 5. The Morgan fingerprint density at radius 2 is 1.81 bits per heavy atom. The number of amides is 1. The molecule has 1 aliphatic heterocycles. The van der Waals surface area contributed by atoms with Crippen LogP contribution in [-0.4, -0.2) is 49.6 Å². The van der Waals surface area contributed by atoms with Crippen LogP contribution < -0.4 is 10.1 Å². The molecule has 2 N–H and O–H groups in total. The van der Waals surface area contributed by atoms with Crippen molar-refractivity contribution in [2.45, 2.75) is 56.8 Å². The van der Waals surface area contributed by atoms with Gasteiger partial charge in [-0.1, -0.05) is 6.42 Å². The minimum absolute atomic E-state index is 0.0532. The number of methoxy groups -OCH3 is 1. The number of benzene rings is 1. The molecule has 1 aromatic carbocycles. The smallest absolute Gasteiger partial charge is 0.272 e. The van der Waals surface area contributed by atoms with E-state index in [0.29, 0.717) is 48.6 Å². The lowest BCUT2D eigenvalue weighted by Gasteiger charge is -2.26. The van der Waals surface area contributed by atoms with Crippen LogP contribution in [0.2, 0.25) is 0 Å². The van der Waals surface area contributed by atoms with Gasteiger partial charge in [0.15, 0.2) is 5.78 Å². The standard InChI is InChI=1S/C23H29N3O5S/c1-15-21-17(8-4-5-9-19(21)27)22(24-15)23(28)25-18-14-16(10-11-20(18)31-2)32(29,30)26-12-6-3-7-13-26/h10-11,14,24H,3-9,12-13H2,1-2H3,(H,25,28). The molecule has 2 aliphatic rings. The van der Waals surface area contributed by atoms with E-state index in [9.17, 15) is 18.0 Å². The second-order valence-electron chi connectivity index (χ2n) is 8.39. The lowest BCUT2D eigenvalue weighted by Crippen LogP contribution is -2.35. The van der Waals surface area contributed by atoms with Crippen LogP contribution in [-0.2, 0) is 16.4 Å². The second-order valence-corrected chi connectivity index (χ2v) is 10.3. The monoisotopic (exact) mass is 459 g/mol. The van der Waals surface area contributed by atoms with Crippen molar-refractivity contribution in [2.75, 3.05) is 25.5 Å². The predicted octanol–water partition coefficient (Wildman–Crippen LogP) is 3.67. The summed E-state index contributed by atoms with van der Waals surface area (Å²) >= 11 is 0. The van der Waals surface area contributed by atoms with Gasteiger partial charge in [0.1, 0.15) is 11.4 Å². The largest absolute Gasteiger partial charge is 0.495 e. The fourth-order valence-electron chi connectivity index (χ4n) is 4.59. The van der Waals surface area contributed by atoms with Crippen LogP contribution in [0.25, 0.3) is 0 Å². The zero-order chi connectivity index (χ0) is 22.9. The molecular weight excluding hydrogens is 430 g/mol. The van der Waals surface area contributed by atoms with Gasteiger partial charge in [-0.05, 0) is 62.8 Å². The minimum Gasteiger partial charge on any atom is -0.495 e. The highest BCUT2D eigenvalue weighted by atomic mass is 32.2. The number of aryl methyl sites for hydroxylation is 1. The Kier molecular flexibility index (Phi) is 6.39. The number of ketones is 1. The Bertz CT molecular complexity index is 1150. The topological polar surface area (TPSA) is 109 Å². The molecule has 1 aromatic heterocycles. The van der Waals surface area contributed by atoms with Gasteiger partial charge in [0.05, 0.1) is 17.7 Å². The summed E-state index contributed by atoms with van der Waals surface area (Å²) < 4.78 is 33.0. The number of fused-ring (bicyclic) bond motifs is 1. The number of Topliss-reactive ketones (excluding diaryl/α,β-unsaturated/α-hetero) is 1. The van der Waals surface area contributed by atoms with Gasteiger partial charge in [0.25, 0.3) is 5.91 Å². The van der Waals surface area contributed by atoms with Crippen LogP contribution in [0.1, 0.15) is 70.6 Å². The van der Waals surface area contributed by atoms with Crippen LogP contribution >= 0.6 is 0 Å². The van der Waals surface area contributed by atoms with Gasteiger partial charge in [0, 0.05) is 30.8 Å². The van der Waals surface area contributed by atoms with Gasteiger partial charge in [-0.3, -0.25) is 9.59 Å². The Labute approximate surface area is 188 Å². The number of ether oxygens (including phenoxy) is 1. The van der Waals surface area contributed by atoms with Crippen molar-refractivity contribution in [3.05, 3.63) is 40.7 Å². The predicted molar refractivity (Wildman–Crippen MR) is 121 cm³/mol. The van der Waals surface area contributed by atoms with Gasteiger partial charge in [-0.15, -0.1) is 0 Å². The summed E-state index contributed by atoms with van der Waals surface area (Å²) in [5.74, 6) is -0.00578. The molecule has 1 fully saturated rings. The number of nitrogens with zero attached hydrogens (tertiary/aromatic N) is 1. The summed E-state index contributed by atoms with van der Waals surface area (Å²) in [6, 6.07) is 4.50.